The van der Waals surface area contributed by atoms with Crippen LogP contribution in [-0.4, -0.2) is 23.1 Å². The van der Waals surface area contributed by atoms with Crippen molar-refractivity contribution in [1.29, 1.82) is 0 Å². The fourth-order valence-corrected chi connectivity index (χ4v) is 2.94. The maximum Gasteiger partial charge on any atom is 0.149 e. The Morgan fingerprint density at radius 1 is 1.10 bits per heavy atom. The summed E-state index contributed by atoms with van der Waals surface area (Å²) in [6, 6.07) is 8.02. The van der Waals surface area contributed by atoms with E-state index in [0.717, 1.165) is 18.7 Å². The summed E-state index contributed by atoms with van der Waals surface area (Å²) in [6.45, 7) is 4.35. The van der Waals surface area contributed by atoms with Gasteiger partial charge in [0.1, 0.15) is 5.82 Å². The number of hydrogen-bond donors (Lipinski definition) is 1. The number of nitrogens with two attached hydrogens (primary N) is 1. The van der Waals surface area contributed by atoms with Crippen LogP contribution in [0.25, 0.3) is 0 Å². The summed E-state index contributed by atoms with van der Waals surface area (Å²) in [5.41, 5.74) is 10.1. The number of hydrogen-bond acceptors (Lipinski definition) is 4. The van der Waals surface area contributed by atoms with E-state index in [1.807, 2.05) is 6.07 Å². The molecule has 21 heavy (non-hydrogen) atoms. The largest absolute Gasteiger partial charge is 0.371 e. The molecule has 0 bridgehead atoms. The molecule has 2 N–H and O–H groups in total. The molecular weight excluding hydrogens is 260 g/mol. The molecule has 1 aromatic heterocycles. The lowest BCUT2D eigenvalue weighted by Gasteiger charge is -2.32. The molecule has 110 valence electrons. The van der Waals surface area contributed by atoms with Crippen LogP contribution in [0.2, 0.25) is 0 Å². The van der Waals surface area contributed by atoms with Crippen molar-refractivity contribution in [1.82, 2.24) is 9.97 Å². The molecule has 1 fully saturated rings. The first kappa shape index (κ1) is 14.0. The van der Waals surface area contributed by atoms with Crippen LogP contribution in [-0.2, 0) is 0 Å². The van der Waals surface area contributed by atoms with Crippen molar-refractivity contribution in [3.8, 4) is 0 Å². The minimum Gasteiger partial charge on any atom is -0.371 e. The zero-order valence-electron chi connectivity index (χ0n) is 12.5. The van der Waals surface area contributed by atoms with Crippen molar-refractivity contribution in [3.63, 3.8) is 0 Å². The van der Waals surface area contributed by atoms with Gasteiger partial charge in [0.25, 0.3) is 0 Å². The minimum atomic E-state index is -0.274. The molecule has 3 rings (SSSR count). The van der Waals surface area contributed by atoms with Crippen molar-refractivity contribution >= 4 is 5.69 Å². The number of benzene rings is 1. The second kappa shape index (κ2) is 6.22. The number of aromatic nitrogens is 2. The maximum absolute atomic E-state index is 6.42. The van der Waals surface area contributed by atoms with E-state index in [9.17, 15) is 0 Å². The van der Waals surface area contributed by atoms with E-state index in [-0.39, 0.29) is 6.04 Å². The Bertz CT molecular complexity index is 591. The van der Waals surface area contributed by atoms with Crippen LogP contribution in [0, 0.1) is 6.92 Å². The van der Waals surface area contributed by atoms with Crippen molar-refractivity contribution in [3.05, 3.63) is 53.6 Å². The van der Waals surface area contributed by atoms with Gasteiger partial charge in [0, 0.05) is 31.2 Å². The van der Waals surface area contributed by atoms with Crippen LogP contribution in [0.5, 0.6) is 0 Å². The van der Waals surface area contributed by atoms with Crippen molar-refractivity contribution in [2.45, 2.75) is 32.2 Å². The van der Waals surface area contributed by atoms with Gasteiger partial charge in [-0.3, -0.25) is 0 Å². The molecule has 2 aromatic rings. The van der Waals surface area contributed by atoms with Crippen LogP contribution < -0.4 is 10.6 Å². The van der Waals surface area contributed by atoms with Gasteiger partial charge in [0.2, 0.25) is 0 Å². The first-order valence-electron chi connectivity index (χ1n) is 7.64. The lowest BCUT2D eigenvalue weighted by atomic mass is 9.99. The molecule has 0 spiro atoms. The number of anilines is 1. The zero-order chi connectivity index (χ0) is 14.7. The minimum absolute atomic E-state index is 0.274. The van der Waals surface area contributed by atoms with Crippen molar-refractivity contribution in [2.75, 3.05) is 18.0 Å². The van der Waals surface area contributed by atoms with Crippen molar-refractivity contribution < 1.29 is 0 Å². The number of aryl methyl sites for hydroxylation is 1. The Morgan fingerprint density at radius 2 is 1.81 bits per heavy atom. The fraction of sp³-hybridized carbons (Fsp3) is 0.412. The fourth-order valence-electron chi connectivity index (χ4n) is 2.94. The van der Waals surface area contributed by atoms with Gasteiger partial charge < -0.3 is 10.6 Å². The molecule has 1 atom stereocenters. The molecule has 4 heteroatoms. The molecule has 1 unspecified atom stereocenters. The summed E-state index contributed by atoms with van der Waals surface area (Å²) in [5.74, 6) is 0.680. The second-order valence-corrected chi connectivity index (χ2v) is 5.69. The molecule has 0 amide bonds. The van der Waals surface area contributed by atoms with Gasteiger partial charge in [-0.05, 0) is 49.4 Å². The summed E-state index contributed by atoms with van der Waals surface area (Å²) < 4.78 is 0. The van der Waals surface area contributed by atoms with E-state index in [4.69, 9.17) is 5.73 Å². The van der Waals surface area contributed by atoms with E-state index in [1.165, 1.54) is 30.5 Å². The van der Waals surface area contributed by atoms with Gasteiger partial charge in [-0.2, -0.15) is 0 Å². The molecular formula is C17H22N4. The lowest BCUT2D eigenvalue weighted by molar-refractivity contribution is 0.574. The summed E-state index contributed by atoms with van der Waals surface area (Å²) in [6.07, 6.45) is 7.33. The van der Waals surface area contributed by atoms with Gasteiger partial charge in [-0.1, -0.05) is 12.1 Å². The molecule has 0 aliphatic carbocycles. The standard InChI is InChI=1S/C17H22N4/c1-13-6-7-14(16(18)17-19-8-5-9-20-17)15(12-13)21-10-3-2-4-11-21/h5-9,12,16H,2-4,10-11,18H2,1H3. The average molecular weight is 282 g/mol. The maximum atomic E-state index is 6.42. The molecule has 0 saturated carbocycles. The highest BCUT2D eigenvalue weighted by atomic mass is 15.1. The highest BCUT2D eigenvalue weighted by molar-refractivity contribution is 5.58. The number of nitrogens with zero attached hydrogens (tertiary/aromatic N) is 3. The van der Waals surface area contributed by atoms with E-state index in [0.29, 0.717) is 5.82 Å². The third-order valence-corrected chi connectivity index (χ3v) is 4.08. The predicted octanol–water partition coefficient (Wildman–Crippen LogP) is 2.82. The first-order valence-corrected chi connectivity index (χ1v) is 7.64. The number of piperidine rings is 1. The number of rotatable bonds is 3. The normalized spacial score (nSPS) is 16.8. The van der Waals surface area contributed by atoms with E-state index >= 15 is 0 Å². The van der Waals surface area contributed by atoms with E-state index < -0.39 is 0 Å². The third-order valence-electron chi connectivity index (χ3n) is 4.08. The SMILES string of the molecule is Cc1ccc(C(N)c2ncccn2)c(N2CCCCC2)c1. The Labute approximate surface area is 126 Å². The lowest BCUT2D eigenvalue weighted by Crippen LogP contribution is -2.31. The van der Waals surface area contributed by atoms with Gasteiger partial charge in [0.15, 0.2) is 0 Å². The Kier molecular flexibility index (Phi) is 4.15. The second-order valence-electron chi connectivity index (χ2n) is 5.69. The molecule has 2 heterocycles. The predicted molar refractivity (Wildman–Crippen MR) is 85.3 cm³/mol. The highest BCUT2D eigenvalue weighted by Gasteiger charge is 2.20. The van der Waals surface area contributed by atoms with Crippen molar-refractivity contribution in [2.24, 2.45) is 5.73 Å². The smallest absolute Gasteiger partial charge is 0.149 e. The first-order chi connectivity index (χ1) is 10.3. The highest BCUT2D eigenvalue weighted by Crippen LogP contribution is 2.30. The van der Waals surface area contributed by atoms with E-state index in [1.54, 1.807) is 12.4 Å². The zero-order valence-corrected chi connectivity index (χ0v) is 12.5. The summed E-state index contributed by atoms with van der Waals surface area (Å²) in [4.78, 5) is 11.1. The summed E-state index contributed by atoms with van der Waals surface area (Å²) >= 11 is 0. The van der Waals surface area contributed by atoms with Gasteiger partial charge in [0.05, 0.1) is 6.04 Å². The summed E-state index contributed by atoms with van der Waals surface area (Å²) in [5, 5.41) is 0. The monoisotopic (exact) mass is 282 g/mol. The van der Waals surface area contributed by atoms with Crippen LogP contribution in [0.4, 0.5) is 5.69 Å². The Balaban J connectivity index is 1.97. The molecule has 4 nitrogen and oxygen atoms in total. The quantitative estimate of drug-likeness (QED) is 0.940. The van der Waals surface area contributed by atoms with Gasteiger partial charge >= 0.3 is 0 Å². The van der Waals surface area contributed by atoms with E-state index in [2.05, 4.69) is 40.0 Å². The van der Waals surface area contributed by atoms with Crippen LogP contribution in [0.1, 0.15) is 42.3 Å². The molecule has 0 radical (unpaired) electrons. The molecule has 1 aromatic carbocycles. The third kappa shape index (κ3) is 3.05. The van der Waals surface area contributed by atoms with Crippen LogP contribution in [0.15, 0.2) is 36.7 Å². The van der Waals surface area contributed by atoms with Gasteiger partial charge in [-0.15, -0.1) is 0 Å². The molecule has 1 saturated heterocycles. The Morgan fingerprint density at radius 3 is 2.52 bits per heavy atom. The molecule has 1 aliphatic rings. The summed E-state index contributed by atoms with van der Waals surface area (Å²) in [7, 11) is 0. The van der Waals surface area contributed by atoms with Gasteiger partial charge in [-0.25, -0.2) is 9.97 Å². The topological polar surface area (TPSA) is 55.0 Å². The molecule has 1 aliphatic heterocycles. The Hall–Kier alpha value is -1.94. The van der Waals surface area contributed by atoms with Crippen LogP contribution >= 0.6 is 0 Å². The average Bonchev–Trinajstić information content (AvgIpc) is 2.56. The van der Waals surface area contributed by atoms with Crippen LogP contribution in [0.3, 0.4) is 0 Å².